The van der Waals surface area contributed by atoms with Gasteiger partial charge in [0.25, 0.3) is 0 Å². The van der Waals surface area contributed by atoms with E-state index in [2.05, 4.69) is 52.6 Å². The molecule has 1 aromatic carbocycles. The van der Waals surface area contributed by atoms with Crippen molar-refractivity contribution in [1.29, 1.82) is 0 Å². The lowest BCUT2D eigenvalue weighted by Crippen LogP contribution is -2.33. The van der Waals surface area contributed by atoms with Gasteiger partial charge in [0.05, 0.1) is 5.69 Å². The van der Waals surface area contributed by atoms with Gasteiger partial charge in [-0.25, -0.2) is 4.68 Å². The predicted octanol–water partition coefficient (Wildman–Crippen LogP) is 4.05. The fraction of sp³-hybridized carbons (Fsp3) is 0.278. The van der Waals surface area contributed by atoms with Gasteiger partial charge in [-0.3, -0.25) is 4.90 Å². The summed E-state index contributed by atoms with van der Waals surface area (Å²) in [6.07, 6.45) is 5.01. The summed E-state index contributed by atoms with van der Waals surface area (Å²) in [7, 11) is 0. The highest BCUT2D eigenvalue weighted by Gasteiger charge is 2.25. The van der Waals surface area contributed by atoms with Crippen LogP contribution in [0.25, 0.3) is 5.69 Å². The van der Waals surface area contributed by atoms with Crippen LogP contribution in [-0.4, -0.2) is 21.2 Å². The Morgan fingerprint density at radius 2 is 2.14 bits per heavy atom. The number of nitrogens with zero attached hydrogens (tertiary/aromatic N) is 3. The van der Waals surface area contributed by atoms with Gasteiger partial charge in [-0.1, -0.05) is 18.2 Å². The van der Waals surface area contributed by atoms with Crippen molar-refractivity contribution in [3.63, 3.8) is 0 Å². The molecule has 0 N–H and O–H groups in total. The molecule has 0 aliphatic carbocycles. The number of fused-ring (bicyclic) bond motifs is 1. The van der Waals surface area contributed by atoms with E-state index >= 15 is 0 Å². The smallest absolute Gasteiger partial charge is 0.0690 e. The number of aromatic nitrogens is 2. The fourth-order valence-electron chi connectivity index (χ4n) is 3.28. The normalized spacial score (nSPS) is 18.3. The van der Waals surface area contributed by atoms with E-state index in [1.807, 2.05) is 34.5 Å². The lowest BCUT2D eigenvalue weighted by atomic mass is 10.0. The minimum absolute atomic E-state index is 0.487. The molecule has 4 heteroatoms. The van der Waals surface area contributed by atoms with E-state index in [9.17, 15) is 0 Å². The second-order valence-corrected chi connectivity index (χ2v) is 6.78. The van der Waals surface area contributed by atoms with E-state index < -0.39 is 0 Å². The monoisotopic (exact) mass is 309 g/mol. The number of para-hydroxylation sites is 1. The highest BCUT2D eigenvalue weighted by atomic mass is 32.1. The van der Waals surface area contributed by atoms with E-state index in [0.717, 1.165) is 13.1 Å². The molecule has 0 amide bonds. The fourth-order valence-corrected chi connectivity index (χ4v) is 4.24. The first kappa shape index (κ1) is 13.7. The maximum atomic E-state index is 4.39. The molecule has 3 aromatic rings. The van der Waals surface area contributed by atoms with Crippen molar-refractivity contribution in [3.8, 4) is 5.69 Å². The van der Waals surface area contributed by atoms with E-state index in [4.69, 9.17) is 0 Å². The van der Waals surface area contributed by atoms with Gasteiger partial charge < -0.3 is 0 Å². The van der Waals surface area contributed by atoms with Crippen molar-refractivity contribution in [1.82, 2.24) is 14.7 Å². The molecular formula is C18H19N3S. The third-order valence-electron chi connectivity index (χ3n) is 4.52. The predicted molar refractivity (Wildman–Crippen MR) is 90.4 cm³/mol. The van der Waals surface area contributed by atoms with Gasteiger partial charge in [0.1, 0.15) is 0 Å². The molecule has 3 heterocycles. The Labute approximate surface area is 134 Å². The number of hydrogen-bond donors (Lipinski definition) is 0. The van der Waals surface area contributed by atoms with Gasteiger partial charge in [0.2, 0.25) is 0 Å². The van der Waals surface area contributed by atoms with E-state index in [0.29, 0.717) is 6.04 Å². The summed E-state index contributed by atoms with van der Waals surface area (Å²) in [5, 5.41) is 6.61. The number of thiophene rings is 1. The first-order valence-corrected chi connectivity index (χ1v) is 8.59. The molecule has 0 spiro atoms. The van der Waals surface area contributed by atoms with E-state index in [-0.39, 0.29) is 0 Å². The summed E-state index contributed by atoms with van der Waals surface area (Å²) in [6.45, 7) is 4.41. The van der Waals surface area contributed by atoms with Crippen LogP contribution in [0.4, 0.5) is 0 Å². The van der Waals surface area contributed by atoms with Gasteiger partial charge in [-0.2, -0.15) is 5.10 Å². The summed E-state index contributed by atoms with van der Waals surface area (Å²) >= 11 is 1.90. The molecule has 1 atom stereocenters. The van der Waals surface area contributed by atoms with Crippen LogP contribution in [0, 0.1) is 0 Å². The Bertz CT molecular complexity index is 760. The number of benzene rings is 1. The molecule has 3 nitrogen and oxygen atoms in total. The Morgan fingerprint density at radius 3 is 3.00 bits per heavy atom. The molecule has 4 rings (SSSR count). The molecule has 112 valence electrons. The minimum Gasteiger partial charge on any atom is -0.292 e. The minimum atomic E-state index is 0.487. The van der Waals surface area contributed by atoms with Crippen LogP contribution in [0.2, 0.25) is 0 Å². The molecule has 1 unspecified atom stereocenters. The highest BCUT2D eigenvalue weighted by Crippen LogP contribution is 2.34. The second kappa shape index (κ2) is 5.71. The van der Waals surface area contributed by atoms with Crippen LogP contribution >= 0.6 is 11.3 Å². The zero-order valence-electron chi connectivity index (χ0n) is 12.6. The van der Waals surface area contributed by atoms with Crippen LogP contribution in [0.5, 0.6) is 0 Å². The lowest BCUT2D eigenvalue weighted by molar-refractivity contribution is 0.191. The molecule has 0 bridgehead atoms. The number of rotatable bonds is 3. The lowest BCUT2D eigenvalue weighted by Gasteiger charge is -2.34. The maximum Gasteiger partial charge on any atom is 0.0690 e. The first-order valence-electron chi connectivity index (χ1n) is 7.71. The molecule has 0 saturated carbocycles. The molecule has 22 heavy (non-hydrogen) atoms. The molecule has 2 aromatic heterocycles. The topological polar surface area (TPSA) is 21.1 Å². The molecule has 0 radical (unpaired) electrons. The molecule has 1 aliphatic heterocycles. The first-order chi connectivity index (χ1) is 10.8. The van der Waals surface area contributed by atoms with Gasteiger partial charge in [0.15, 0.2) is 0 Å². The quantitative estimate of drug-likeness (QED) is 0.727. The van der Waals surface area contributed by atoms with Crippen LogP contribution in [0.3, 0.4) is 0 Å². The van der Waals surface area contributed by atoms with Crippen LogP contribution in [0.1, 0.15) is 29.0 Å². The van der Waals surface area contributed by atoms with Crippen molar-refractivity contribution < 1.29 is 0 Å². The second-order valence-electron chi connectivity index (χ2n) is 5.77. The van der Waals surface area contributed by atoms with E-state index in [1.54, 1.807) is 4.88 Å². The third-order valence-corrected chi connectivity index (χ3v) is 5.52. The molecular weight excluding hydrogens is 290 g/mol. The summed E-state index contributed by atoms with van der Waals surface area (Å²) < 4.78 is 1.96. The Balaban J connectivity index is 1.63. The van der Waals surface area contributed by atoms with Gasteiger partial charge >= 0.3 is 0 Å². The zero-order chi connectivity index (χ0) is 14.9. The largest absolute Gasteiger partial charge is 0.292 e. The van der Waals surface area contributed by atoms with Gasteiger partial charge in [-0.15, -0.1) is 11.3 Å². The van der Waals surface area contributed by atoms with Crippen molar-refractivity contribution in [3.05, 3.63) is 70.2 Å². The van der Waals surface area contributed by atoms with Crippen molar-refractivity contribution in [2.75, 3.05) is 6.54 Å². The third kappa shape index (κ3) is 2.38. The zero-order valence-corrected chi connectivity index (χ0v) is 13.5. The van der Waals surface area contributed by atoms with Gasteiger partial charge in [0, 0.05) is 36.4 Å². The van der Waals surface area contributed by atoms with Crippen LogP contribution < -0.4 is 0 Å². The van der Waals surface area contributed by atoms with Crippen LogP contribution in [-0.2, 0) is 13.0 Å². The summed E-state index contributed by atoms with van der Waals surface area (Å²) in [6, 6.07) is 13.3. The van der Waals surface area contributed by atoms with Gasteiger partial charge in [-0.05, 0) is 48.1 Å². The van der Waals surface area contributed by atoms with Crippen molar-refractivity contribution >= 4 is 11.3 Å². The SMILES string of the molecule is CC1c2ccsc2CCN1Cc1ccccc1-n1cccn1. The Morgan fingerprint density at radius 1 is 1.23 bits per heavy atom. The Hall–Kier alpha value is -1.91. The highest BCUT2D eigenvalue weighted by molar-refractivity contribution is 7.10. The summed E-state index contributed by atoms with van der Waals surface area (Å²) in [5.41, 5.74) is 4.01. The molecule has 0 saturated heterocycles. The standard InChI is InChI=1S/C18H19N3S/c1-14-16-8-12-22-18(16)7-11-20(14)13-15-5-2-3-6-17(15)21-10-4-9-19-21/h2-6,8-10,12,14H,7,11,13H2,1H3. The average molecular weight is 309 g/mol. The summed E-state index contributed by atoms with van der Waals surface area (Å²) in [5.74, 6) is 0. The van der Waals surface area contributed by atoms with Crippen LogP contribution in [0.15, 0.2) is 54.2 Å². The number of hydrogen-bond acceptors (Lipinski definition) is 3. The van der Waals surface area contributed by atoms with Crippen molar-refractivity contribution in [2.45, 2.75) is 25.9 Å². The Kier molecular flexibility index (Phi) is 3.56. The molecule has 1 aliphatic rings. The summed E-state index contributed by atoms with van der Waals surface area (Å²) in [4.78, 5) is 4.13. The average Bonchev–Trinajstić information content (AvgIpc) is 3.22. The maximum absolute atomic E-state index is 4.39. The van der Waals surface area contributed by atoms with E-state index in [1.165, 1.54) is 23.2 Å². The van der Waals surface area contributed by atoms with Crippen molar-refractivity contribution in [2.24, 2.45) is 0 Å². The molecule has 0 fully saturated rings.